The van der Waals surface area contributed by atoms with Crippen LogP contribution in [0, 0.1) is 0 Å². The Bertz CT molecular complexity index is 545. The van der Waals surface area contributed by atoms with E-state index in [0.717, 1.165) is 0 Å². The number of carbonyl (C=O) groups excluding carboxylic acids is 1. The van der Waals surface area contributed by atoms with Crippen LogP contribution in [0.3, 0.4) is 0 Å². The van der Waals surface area contributed by atoms with Gasteiger partial charge in [0, 0.05) is 23.0 Å². The first-order valence-electron chi connectivity index (χ1n) is 4.96. The molecule has 1 rings (SSSR count). The van der Waals surface area contributed by atoms with Gasteiger partial charge in [0.15, 0.2) is 0 Å². The summed E-state index contributed by atoms with van der Waals surface area (Å²) >= 11 is 5.76. The van der Waals surface area contributed by atoms with E-state index in [0.29, 0.717) is 12.3 Å². The number of nitrogens with one attached hydrogen (secondary N) is 1. The van der Waals surface area contributed by atoms with Crippen LogP contribution in [0.25, 0.3) is 0 Å². The summed E-state index contributed by atoms with van der Waals surface area (Å²) in [6.07, 6.45) is 0. The maximum Gasteiger partial charge on any atom is 0.262 e. The van der Waals surface area contributed by atoms with Gasteiger partial charge in [-0.1, -0.05) is 11.6 Å². The molecule has 0 radical (unpaired) electrons. The third kappa shape index (κ3) is 4.45. The van der Waals surface area contributed by atoms with Crippen molar-refractivity contribution in [3.8, 4) is 0 Å². The molecule has 0 fully saturated rings. The fourth-order valence-corrected chi connectivity index (χ4v) is 2.70. The molecular weight excluding hydrogens is 301 g/mol. The van der Waals surface area contributed by atoms with E-state index in [9.17, 15) is 13.2 Å². The molecule has 0 bridgehead atoms. The van der Waals surface area contributed by atoms with E-state index in [4.69, 9.17) is 27.0 Å². The number of benzene rings is 1. The van der Waals surface area contributed by atoms with E-state index in [2.05, 4.69) is 5.32 Å². The van der Waals surface area contributed by atoms with Crippen molar-refractivity contribution < 1.29 is 17.9 Å². The average Bonchev–Trinajstić information content (AvgIpc) is 2.24. The van der Waals surface area contributed by atoms with Gasteiger partial charge in [-0.15, -0.1) is 0 Å². The number of amides is 1. The van der Waals surface area contributed by atoms with Crippen LogP contribution in [0.1, 0.15) is 6.92 Å². The summed E-state index contributed by atoms with van der Waals surface area (Å²) in [7, 11) is 1.28. The Morgan fingerprint density at radius 3 is 2.61 bits per heavy atom. The highest BCUT2D eigenvalue weighted by molar-refractivity contribution is 8.13. The van der Waals surface area contributed by atoms with E-state index in [-0.39, 0.29) is 22.4 Å². The van der Waals surface area contributed by atoms with Crippen LogP contribution in [0.5, 0.6) is 0 Å². The zero-order chi connectivity index (χ0) is 13.8. The number of anilines is 1. The Labute approximate surface area is 114 Å². The topological polar surface area (TPSA) is 72.5 Å². The van der Waals surface area contributed by atoms with Gasteiger partial charge in [-0.2, -0.15) is 0 Å². The lowest BCUT2D eigenvalue weighted by Crippen LogP contribution is -2.18. The molecule has 1 N–H and O–H groups in total. The second-order valence-electron chi connectivity index (χ2n) is 3.27. The summed E-state index contributed by atoms with van der Waals surface area (Å²) in [5.41, 5.74) is 0.369. The minimum atomic E-state index is -3.89. The fraction of sp³-hybridized carbons (Fsp3) is 0.300. The maximum absolute atomic E-state index is 11.3. The Morgan fingerprint density at radius 1 is 1.44 bits per heavy atom. The van der Waals surface area contributed by atoms with Crippen LogP contribution >= 0.6 is 22.3 Å². The van der Waals surface area contributed by atoms with Crippen molar-refractivity contribution in [3.05, 3.63) is 23.2 Å². The zero-order valence-electron chi connectivity index (χ0n) is 9.44. The first-order chi connectivity index (χ1) is 8.34. The number of hydrogen-bond donors (Lipinski definition) is 1. The van der Waals surface area contributed by atoms with Gasteiger partial charge in [0.1, 0.15) is 11.5 Å². The molecular formula is C10H11Cl2NO4S. The first kappa shape index (κ1) is 15.2. The highest BCUT2D eigenvalue weighted by atomic mass is 35.7. The number of hydrogen-bond acceptors (Lipinski definition) is 4. The van der Waals surface area contributed by atoms with Crippen molar-refractivity contribution in [3.63, 3.8) is 0 Å². The molecule has 0 saturated heterocycles. The second kappa shape index (κ2) is 6.38. The first-order valence-corrected chi connectivity index (χ1v) is 7.65. The van der Waals surface area contributed by atoms with E-state index >= 15 is 0 Å². The molecule has 0 unspecified atom stereocenters. The molecule has 1 aromatic carbocycles. The highest BCUT2D eigenvalue weighted by Gasteiger charge is 2.15. The molecule has 0 saturated carbocycles. The van der Waals surface area contributed by atoms with Gasteiger partial charge in [-0.25, -0.2) is 8.42 Å². The SMILES string of the molecule is CCOCC(=O)Nc1ccc(S(=O)(=O)Cl)c(Cl)c1. The number of rotatable bonds is 5. The molecule has 0 atom stereocenters. The fourth-order valence-electron chi connectivity index (χ4n) is 1.17. The quantitative estimate of drug-likeness (QED) is 0.846. The molecule has 1 amide bonds. The largest absolute Gasteiger partial charge is 0.372 e. The van der Waals surface area contributed by atoms with Crippen molar-refractivity contribution in [2.45, 2.75) is 11.8 Å². The standard InChI is InChI=1S/C10H11Cl2NO4S/c1-2-17-6-10(14)13-7-3-4-9(8(11)5-7)18(12,15)16/h3-5H,2,6H2,1H3,(H,13,14). The highest BCUT2D eigenvalue weighted by Crippen LogP contribution is 2.27. The van der Waals surface area contributed by atoms with Crippen LogP contribution < -0.4 is 5.32 Å². The molecule has 0 aliphatic rings. The lowest BCUT2D eigenvalue weighted by molar-refractivity contribution is -0.120. The maximum atomic E-state index is 11.3. The van der Waals surface area contributed by atoms with Gasteiger partial charge in [-0.05, 0) is 25.1 Å². The third-order valence-corrected chi connectivity index (χ3v) is 3.72. The molecule has 100 valence electrons. The smallest absolute Gasteiger partial charge is 0.262 e. The zero-order valence-corrected chi connectivity index (χ0v) is 11.8. The minimum Gasteiger partial charge on any atom is -0.372 e. The lowest BCUT2D eigenvalue weighted by Gasteiger charge is -2.07. The Kier molecular flexibility index (Phi) is 5.40. The Balaban J connectivity index is 2.82. The van der Waals surface area contributed by atoms with Gasteiger partial charge < -0.3 is 10.1 Å². The monoisotopic (exact) mass is 311 g/mol. The minimum absolute atomic E-state index is 0.0563. The molecule has 0 spiro atoms. The summed E-state index contributed by atoms with van der Waals surface area (Å²) in [6, 6.07) is 3.92. The van der Waals surface area contributed by atoms with Crippen LogP contribution in [-0.4, -0.2) is 27.5 Å². The van der Waals surface area contributed by atoms with Crippen molar-refractivity contribution in [2.24, 2.45) is 0 Å². The Morgan fingerprint density at radius 2 is 2.11 bits per heavy atom. The van der Waals surface area contributed by atoms with Gasteiger partial charge in [0.2, 0.25) is 5.91 Å². The van der Waals surface area contributed by atoms with Crippen molar-refractivity contribution in [2.75, 3.05) is 18.5 Å². The van der Waals surface area contributed by atoms with Crippen molar-refractivity contribution in [1.29, 1.82) is 0 Å². The summed E-state index contributed by atoms with van der Waals surface area (Å²) in [5.74, 6) is -0.352. The summed E-state index contributed by atoms with van der Waals surface area (Å²) in [4.78, 5) is 11.1. The summed E-state index contributed by atoms with van der Waals surface area (Å²) in [6.45, 7) is 2.12. The molecule has 0 aromatic heterocycles. The van der Waals surface area contributed by atoms with E-state index in [1.807, 2.05) is 0 Å². The molecule has 5 nitrogen and oxygen atoms in total. The van der Waals surface area contributed by atoms with Gasteiger partial charge in [0.25, 0.3) is 9.05 Å². The lowest BCUT2D eigenvalue weighted by atomic mass is 10.3. The predicted octanol–water partition coefficient (Wildman–Crippen LogP) is 2.24. The predicted molar refractivity (Wildman–Crippen MR) is 69.6 cm³/mol. The molecule has 0 aliphatic heterocycles. The van der Waals surface area contributed by atoms with Gasteiger partial charge in [0.05, 0.1) is 5.02 Å². The molecule has 1 aromatic rings. The van der Waals surface area contributed by atoms with Crippen LogP contribution in [0.15, 0.2) is 23.1 Å². The number of ether oxygens (including phenoxy) is 1. The second-order valence-corrected chi connectivity index (χ2v) is 6.21. The average molecular weight is 312 g/mol. The van der Waals surface area contributed by atoms with E-state index < -0.39 is 9.05 Å². The van der Waals surface area contributed by atoms with Crippen molar-refractivity contribution in [1.82, 2.24) is 0 Å². The molecule has 18 heavy (non-hydrogen) atoms. The summed E-state index contributed by atoms with van der Waals surface area (Å²) in [5, 5.41) is 2.45. The van der Waals surface area contributed by atoms with Crippen LogP contribution in [0.4, 0.5) is 5.69 Å². The molecule has 8 heteroatoms. The van der Waals surface area contributed by atoms with Gasteiger partial charge in [-0.3, -0.25) is 4.79 Å². The molecule has 0 aliphatic carbocycles. The van der Waals surface area contributed by atoms with E-state index in [1.54, 1.807) is 6.92 Å². The number of carbonyl (C=O) groups is 1. The van der Waals surface area contributed by atoms with Gasteiger partial charge >= 0.3 is 0 Å². The van der Waals surface area contributed by atoms with Crippen molar-refractivity contribution >= 4 is 42.9 Å². The number of halogens is 2. The van der Waals surface area contributed by atoms with Crippen LogP contribution in [-0.2, 0) is 18.6 Å². The van der Waals surface area contributed by atoms with E-state index in [1.165, 1.54) is 18.2 Å². The third-order valence-electron chi connectivity index (χ3n) is 1.92. The normalized spacial score (nSPS) is 11.3. The van der Waals surface area contributed by atoms with Crippen LogP contribution in [0.2, 0.25) is 5.02 Å². The molecule has 0 heterocycles. The summed E-state index contributed by atoms with van der Waals surface area (Å²) < 4.78 is 27.1. The Hall–Kier alpha value is -0.820.